The lowest BCUT2D eigenvalue weighted by Crippen LogP contribution is -2.32. The summed E-state index contributed by atoms with van der Waals surface area (Å²) in [4.78, 5) is 29.6. The van der Waals surface area contributed by atoms with Gasteiger partial charge in [-0.25, -0.2) is 0 Å². The number of nitrogens with zero attached hydrogens (tertiary/aromatic N) is 2. The number of rotatable bonds is 9. The van der Waals surface area contributed by atoms with Gasteiger partial charge in [-0.05, 0) is 56.9 Å². The standard InChI is InChI=1S/C25H30N2O7/c1-26(2)11-6-12-27-22(15-7-10-19(33-4)20(13-15)34-5)21(24(30)25(27)31)23(29)17-9-8-16(32-3)14-18(17)28/h7-10,13-14,22,28-29H,6,11-12H2,1-5H3/b23-21-. The van der Waals surface area contributed by atoms with Gasteiger partial charge >= 0.3 is 0 Å². The molecule has 3 rings (SSSR count). The maximum Gasteiger partial charge on any atom is 0.295 e. The van der Waals surface area contributed by atoms with E-state index in [1.165, 1.54) is 38.4 Å². The van der Waals surface area contributed by atoms with Crippen molar-refractivity contribution < 1.29 is 34.0 Å². The third-order valence-electron chi connectivity index (χ3n) is 5.73. The molecule has 1 heterocycles. The first-order valence-electron chi connectivity index (χ1n) is 10.8. The SMILES string of the molecule is COc1ccc(/C(O)=C2/C(=O)C(=O)N(CCCN(C)C)C2c2ccc(OC)c(OC)c2)c(O)c1. The van der Waals surface area contributed by atoms with E-state index in [0.29, 0.717) is 42.3 Å². The fourth-order valence-corrected chi connectivity index (χ4v) is 4.02. The van der Waals surface area contributed by atoms with Crippen molar-refractivity contribution in [1.82, 2.24) is 9.80 Å². The minimum absolute atomic E-state index is 0.0255. The molecule has 0 radical (unpaired) electrons. The number of phenols is 1. The van der Waals surface area contributed by atoms with Crippen molar-refractivity contribution in [3.05, 3.63) is 53.1 Å². The molecule has 0 aromatic heterocycles. The van der Waals surface area contributed by atoms with Crippen LogP contribution in [0.25, 0.3) is 5.76 Å². The van der Waals surface area contributed by atoms with E-state index in [2.05, 4.69) is 0 Å². The third kappa shape index (κ3) is 4.79. The van der Waals surface area contributed by atoms with Gasteiger partial charge in [-0.15, -0.1) is 0 Å². The van der Waals surface area contributed by atoms with Gasteiger partial charge in [0.2, 0.25) is 0 Å². The number of carbonyl (C=O) groups excluding carboxylic acids is 2. The van der Waals surface area contributed by atoms with Crippen LogP contribution in [0.3, 0.4) is 0 Å². The third-order valence-corrected chi connectivity index (χ3v) is 5.73. The van der Waals surface area contributed by atoms with E-state index in [1.807, 2.05) is 19.0 Å². The highest BCUT2D eigenvalue weighted by molar-refractivity contribution is 6.46. The highest BCUT2D eigenvalue weighted by Crippen LogP contribution is 2.43. The van der Waals surface area contributed by atoms with E-state index in [-0.39, 0.29) is 16.9 Å². The van der Waals surface area contributed by atoms with Gasteiger partial charge in [-0.3, -0.25) is 9.59 Å². The average molecular weight is 471 g/mol. The molecule has 0 aliphatic carbocycles. The van der Waals surface area contributed by atoms with Crippen LogP contribution in [-0.4, -0.2) is 80.2 Å². The molecule has 2 aromatic rings. The number of methoxy groups -OCH3 is 3. The van der Waals surface area contributed by atoms with E-state index in [1.54, 1.807) is 24.3 Å². The molecule has 9 nitrogen and oxygen atoms in total. The highest BCUT2D eigenvalue weighted by atomic mass is 16.5. The number of likely N-dealkylation sites (tertiary alicyclic amines) is 1. The Bertz CT molecular complexity index is 1110. The van der Waals surface area contributed by atoms with Crippen LogP contribution in [-0.2, 0) is 9.59 Å². The number of hydrogen-bond donors (Lipinski definition) is 2. The number of benzene rings is 2. The Labute approximate surface area is 198 Å². The summed E-state index contributed by atoms with van der Waals surface area (Å²) in [7, 11) is 8.30. The monoisotopic (exact) mass is 470 g/mol. The number of ether oxygens (including phenoxy) is 3. The maximum absolute atomic E-state index is 13.1. The maximum atomic E-state index is 13.1. The molecule has 2 aromatic carbocycles. The van der Waals surface area contributed by atoms with Gasteiger partial charge < -0.3 is 34.2 Å². The van der Waals surface area contributed by atoms with E-state index in [0.717, 1.165) is 0 Å². The summed E-state index contributed by atoms with van der Waals surface area (Å²) in [6.07, 6.45) is 0.623. The largest absolute Gasteiger partial charge is 0.507 e. The number of hydrogen-bond acceptors (Lipinski definition) is 8. The first kappa shape index (κ1) is 24.9. The Morgan fingerprint density at radius 1 is 1.00 bits per heavy atom. The zero-order valence-corrected chi connectivity index (χ0v) is 20.0. The molecule has 0 spiro atoms. The van der Waals surface area contributed by atoms with Crippen LogP contribution < -0.4 is 14.2 Å². The Balaban J connectivity index is 2.17. The topological polar surface area (TPSA) is 109 Å². The molecule has 2 N–H and O–H groups in total. The van der Waals surface area contributed by atoms with Crippen LogP contribution in [0.4, 0.5) is 0 Å². The minimum Gasteiger partial charge on any atom is -0.507 e. The van der Waals surface area contributed by atoms with Gasteiger partial charge in [-0.1, -0.05) is 6.07 Å². The van der Waals surface area contributed by atoms with Crippen LogP contribution in [0, 0.1) is 0 Å². The van der Waals surface area contributed by atoms with Gasteiger partial charge in [0.1, 0.15) is 17.3 Å². The van der Waals surface area contributed by atoms with Crippen LogP contribution in [0.1, 0.15) is 23.6 Å². The van der Waals surface area contributed by atoms with Crippen molar-refractivity contribution in [2.75, 3.05) is 48.5 Å². The fourth-order valence-electron chi connectivity index (χ4n) is 4.02. The number of aromatic hydroxyl groups is 1. The van der Waals surface area contributed by atoms with Crippen LogP contribution in [0.15, 0.2) is 42.0 Å². The highest BCUT2D eigenvalue weighted by Gasteiger charge is 2.46. The zero-order chi connectivity index (χ0) is 25.0. The first-order valence-corrected chi connectivity index (χ1v) is 10.8. The lowest BCUT2D eigenvalue weighted by Gasteiger charge is -2.26. The zero-order valence-electron chi connectivity index (χ0n) is 20.0. The Hall–Kier alpha value is -3.72. The normalized spacial score (nSPS) is 17.4. The van der Waals surface area contributed by atoms with Crippen molar-refractivity contribution in [1.29, 1.82) is 0 Å². The molecular formula is C25H30N2O7. The summed E-state index contributed by atoms with van der Waals surface area (Å²) in [5.41, 5.74) is 0.483. The van der Waals surface area contributed by atoms with Crippen molar-refractivity contribution in [3.8, 4) is 23.0 Å². The predicted molar refractivity (Wildman–Crippen MR) is 126 cm³/mol. The van der Waals surface area contributed by atoms with E-state index >= 15 is 0 Å². The second kappa shape index (κ2) is 10.5. The van der Waals surface area contributed by atoms with Crippen molar-refractivity contribution in [2.45, 2.75) is 12.5 Å². The summed E-state index contributed by atoms with van der Waals surface area (Å²) >= 11 is 0. The van der Waals surface area contributed by atoms with E-state index in [4.69, 9.17) is 14.2 Å². The second-order valence-electron chi connectivity index (χ2n) is 8.15. The molecule has 1 fully saturated rings. The molecule has 1 aliphatic heterocycles. The molecule has 1 amide bonds. The van der Waals surface area contributed by atoms with E-state index < -0.39 is 23.5 Å². The fraction of sp³-hybridized carbons (Fsp3) is 0.360. The Kier molecular flexibility index (Phi) is 7.68. The molecule has 34 heavy (non-hydrogen) atoms. The van der Waals surface area contributed by atoms with Crippen LogP contribution in [0.2, 0.25) is 0 Å². The number of phenolic OH excluding ortho intramolecular Hbond substituents is 1. The summed E-state index contributed by atoms with van der Waals surface area (Å²) in [6.45, 7) is 1.01. The summed E-state index contributed by atoms with van der Waals surface area (Å²) in [5.74, 6) is -0.982. The summed E-state index contributed by atoms with van der Waals surface area (Å²) < 4.78 is 15.8. The molecule has 182 valence electrons. The lowest BCUT2D eigenvalue weighted by atomic mass is 9.94. The van der Waals surface area contributed by atoms with Gasteiger partial charge in [-0.2, -0.15) is 0 Å². The molecule has 0 bridgehead atoms. The van der Waals surface area contributed by atoms with Crippen molar-refractivity contribution >= 4 is 17.4 Å². The first-order chi connectivity index (χ1) is 16.2. The molecule has 9 heteroatoms. The number of carbonyl (C=O) groups is 2. The Morgan fingerprint density at radius 3 is 2.29 bits per heavy atom. The van der Waals surface area contributed by atoms with Crippen molar-refractivity contribution in [2.24, 2.45) is 0 Å². The molecule has 1 atom stereocenters. The second-order valence-corrected chi connectivity index (χ2v) is 8.15. The van der Waals surface area contributed by atoms with Crippen LogP contribution >= 0.6 is 0 Å². The van der Waals surface area contributed by atoms with Gasteiger partial charge in [0.25, 0.3) is 11.7 Å². The summed E-state index contributed by atoms with van der Waals surface area (Å²) in [6, 6.07) is 8.52. The average Bonchev–Trinajstić information content (AvgIpc) is 3.07. The summed E-state index contributed by atoms with van der Waals surface area (Å²) in [5, 5.41) is 21.6. The quantitative estimate of drug-likeness (QED) is 0.327. The van der Waals surface area contributed by atoms with Gasteiger partial charge in [0, 0.05) is 12.6 Å². The van der Waals surface area contributed by atoms with Crippen LogP contribution in [0.5, 0.6) is 23.0 Å². The molecule has 0 saturated carbocycles. The number of aliphatic hydroxyl groups is 1. The predicted octanol–water partition coefficient (Wildman–Crippen LogP) is 2.79. The van der Waals surface area contributed by atoms with Gasteiger partial charge in [0.05, 0.1) is 38.5 Å². The van der Waals surface area contributed by atoms with Gasteiger partial charge in [0.15, 0.2) is 11.5 Å². The van der Waals surface area contributed by atoms with Crippen molar-refractivity contribution in [3.63, 3.8) is 0 Å². The molecule has 1 unspecified atom stereocenters. The van der Waals surface area contributed by atoms with E-state index in [9.17, 15) is 19.8 Å². The number of ketones is 1. The number of amides is 1. The molecule has 1 aliphatic rings. The molecular weight excluding hydrogens is 440 g/mol. The smallest absolute Gasteiger partial charge is 0.295 e. The Morgan fingerprint density at radius 2 is 1.71 bits per heavy atom. The number of Topliss-reactive ketones (excluding diaryl/α,β-unsaturated/α-hetero) is 1. The molecule has 1 saturated heterocycles. The minimum atomic E-state index is -0.872. The lowest BCUT2D eigenvalue weighted by molar-refractivity contribution is -0.139. The number of aliphatic hydroxyl groups excluding tert-OH is 1.